The van der Waals surface area contributed by atoms with Gasteiger partial charge in [0.05, 0.1) is 22.2 Å². The van der Waals surface area contributed by atoms with Crippen LogP contribution in [-0.4, -0.2) is 26.7 Å². The van der Waals surface area contributed by atoms with Crippen molar-refractivity contribution in [1.29, 1.82) is 0 Å². The Kier molecular flexibility index (Phi) is 6.76. The second-order valence-corrected chi connectivity index (χ2v) is 9.66. The van der Waals surface area contributed by atoms with E-state index in [4.69, 9.17) is 0 Å². The van der Waals surface area contributed by atoms with Gasteiger partial charge in [0.1, 0.15) is 0 Å². The molecule has 4 rings (SSSR count). The van der Waals surface area contributed by atoms with Crippen LogP contribution in [0.25, 0.3) is 0 Å². The maximum absolute atomic E-state index is 13.5. The maximum Gasteiger partial charge on any atom is 0.273 e. The van der Waals surface area contributed by atoms with Crippen molar-refractivity contribution in [3.05, 3.63) is 84.6 Å². The second kappa shape index (κ2) is 9.76. The normalized spacial score (nSPS) is 14.1. The molecule has 1 aliphatic rings. The van der Waals surface area contributed by atoms with Crippen LogP contribution in [0.1, 0.15) is 36.7 Å². The lowest BCUT2D eigenvalue weighted by atomic mass is 9.79. The van der Waals surface area contributed by atoms with E-state index in [9.17, 15) is 19.7 Å². The summed E-state index contributed by atoms with van der Waals surface area (Å²) in [6.07, 6.45) is 0. The van der Waals surface area contributed by atoms with Gasteiger partial charge in [0, 0.05) is 44.9 Å². The number of nitro groups is 1. The Hall–Kier alpha value is -3.90. The first-order chi connectivity index (χ1) is 16.7. The number of nitrogens with zero attached hydrogens (tertiary/aromatic N) is 3. The van der Waals surface area contributed by atoms with Crippen molar-refractivity contribution in [1.82, 2.24) is 15.3 Å². The molecule has 0 aliphatic carbocycles. The highest BCUT2D eigenvalue weighted by molar-refractivity contribution is 7.14. The molecule has 1 aliphatic heterocycles. The number of dihydropyridines is 1. The number of carbonyl (C=O) groups excluding carboxylic acids is 2. The highest BCUT2D eigenvalue weighted by Crippen LogP contribution is 2.42. The molecule has 2 aromatic heterocycles. The first-order valence-corrected chi connectivity index (χ1v) is 12.3. The third-order valence-electron chi connectivity index (χ3n) is 5.37. The highest BCUT2D eigenvalue weighted by Gasteiger charge is 2.39. The van der Waals surface area contributed by atoms with Crippen LogP contribution in [0.3, 0.4) is 0 Å². The zero-order valence-corrected chi connectivity index (χ0v) is 21.0. The van der Waals surface area contributed by atoms with Crippen molar-refractivity contribution in [3.63, 3.8) is 0 Å². The number of benzene rings is 1. The average molecular weight is 511 g/mol. The lowest BCUT2D eigenvalue weighted by Crippen LogP contribution is -2.35. The van der Waals surface area contributed by atoms with Gasteiger partial charge >= 0.3 is 0 Å². The Bertz CT molecular complexity index is 1330. The van der Waals surface area contributed by atoms with Crippen LogP contribution in [0.2, 0.25) is 0 Å². The largest absolute Gasteiger partial charge is 0.362 e. The van der Waals surface area contributed by atoms with Crippen LogP contribution in [-0.2, 0) is 9.59 Å². The van der Waals surface area contributed by atoms with Gasteiger partial charge < -0.3 is 5.32 Å². The summed E-state index contributed by atoms with van der Waals surface area (Å²) in [4.78, 5) is 47.0. The fourth-order valence-corrected chi connectivity index (χ4v) is 5.32. The summed E-state index contributed by atoms with van der Waals surface area (Å²) in [7, 11) is 0. The first kappa shape index (κ1) is 24.2. The number of rotatable bonds is 6. The molecule has 3 N–H and O–H groups in total. The quantitative estimate of drug-likeness (QED) is 0.324. The third-order valence-corrected chi connectivity index (χ3v) is 7.12. The number of hydrogen-bond donors (Lipinski definition) is 3. The van der Waals surface area contributed by atoms with Gasteiger partial charge in [0.2, 0.25) is 0 Å². The van der Waals surface area contributed by atoms with Crippen LogP contribution in [0.15, 0.2) is 57.6 Å². The SMILES string of the molecule is CC1=C(C(=O)Nc2nc(C)cs2)C(c2ccccc2[N+](=O)[O-])C(C(=O)Nc2nc(C)cs2)=C(C)N1. The monoisotopic (exact) mass is 510 g/mol. The lowest BCUT2D eigenvalue weighted by molar-refractivity contribution is -0.385. The summed E-state index contributed by atoms with van der Waals surface area (Å²) in [5.74, 6) is -2.01. The smallest absolute Gasteiger partial charge is 0.273 e. The minimum atomic E-state index is -1.00. The molecule has 0 unspecified atom stereocenters. The van der Waals surface area contributed by atoms with E-state index in [0.29, 0.717) is 21.7 Å². The molecule has 0 saturated heterocycles. The highest BCUT2D eigenvalue weighted by atomic mass is 32.1. The lowest BCUT2D eigenvalue weighted by Gasteiger charge is -2.30. The number of allylic oxidation sites excluding steroid dienone is 2. The van der Waals surface area contributed by atoms with Crippen molar-refractivity contribution in [2.24, 2.45) is 0 Å². The van der Waals surface area contributed by atoms with Crippen LogP contribution >= 0.6 is 22.7 Å². The van der Waals surface area contributed by atoms with Crippen molar-refractivity contribution >= 4 is 50.4 Å². The Balaban J connectivity index is 1.83. The zero-order valence-electron chi connectivity index (χ0n) is 19.3. The number of aryl methyl sites for hydroxylation is 2. The van der Waals surface area contributed by atoms with Gasteiger partial charge in [-0.3, -0.25) is 30.3 Å². The molecule has 3 heterocycles. The molecule has 3 aromatic rings. The Labute approximate surface area is 209 Å². The molecule has 1 aromatic carbocycles. The summed E-state index contributed by atoms with van der Waals surface area (Å²) in [6, 6.07) is 6.12. The van der Waals surface area contributed by atoms with Crippen molar-refractivity contribution in [2.45, 2.75) is 33.6 Å². The number of aromatic nitrogens is 2. The van der Waals surface area contributed by atoms with Gasteiger partial charge in [-0.1, -0.05) is 18.2 Å². The maximum atomic E-state index is 13.5. The summed E-state index contributed by atoms with van der Waals surface area (Å²) in [5, 5.41) is 24.9. The number of thiazole rings is 2. The van der Waals surface area contributed by atoms with E-state index in [1.165, 1.54) is 28.7 Å². The molecule has 0 radical (unpaired) electrons. The summed E-state index contributed by atoms with van der Waals surface area (Å²) in [6.45, 7) is 7.02. The van der Waals surface area contributed by atoms with E-state index in [-0.39, 0.29) is 22.4 Å². The Morgan fingerprint density at radius 1 is 0.914 bits per heavy atom. The van der Waals surface area contributed by atoms with Crippen molar-refractivity contribution < 1.29 is 14.5 Å². The van der Waals surface area contributed by atoms with E-state index in [0.717, 1.165) is 11.4 Å². The number of nitro benzene ring substituents is 1. The summed E-state index contributed by atoms with van der Waals surface area (Å²) in [5.41, 5.74) is 2.90. The average Bonchev–Trinajstić information content (AvgIpc) is 3.39. The molecule has 12 heteroatoms. The van der Waals surface area contributed by atoms with Crippen molar-refractivity contribution in [2.75, 3.05) is 10.6 Å². The second-order valence-electron chi connectivity index (χ2n) is 7.95. The topological polar surface area (TPSA) is 139 Å². The summed E-state index contributed by atoms with van der Waals surface area (Å²) < 4.78 is 0. The molecule has 0 atom stereocenters. The molecule has 10 nitrogen and oxygen atoms in total. The van der Waals surface area contributed by atoms with E-state index in [1.54, 1.807) is 42.8 Å². The van der Waals surface area contributed by atoms with Crippen LogP contribution in [0.5, 0.6) is 0 Å². The fourth-order valence-electron chi connectivity index (χ4n) is 3.96. The van der Waals surface area contributed by atoms with E-state index in [2.05, 4.69) is 25.9 Å². The predicted molar refractivity (Wildman–Crippen MR) is 135 cm³/mol. The molecule has 35 heavy (non-hydrogen) atoms. The number of carbonyl (C=O) groups is 2. The minimum absolute atomic E-state index is 0.189. The van der Waals surface area contributed by atoms with Gasteiger partial charge in [-0.25, -0.2) is 9.97 Å². The number of para-hydroxylation sites is 1. The first-order valence-electron chi connectivity index (χ1n) is 10.5. The van der Waals surface area contributed by atoms with Gasteiger partial charge in [0.15, 0.2) is 10.3 Å². The molecule has 0 fully saturated rings. The molecule has 180 valence electrons. The van der Waals surface area contributed by atoms with Crippen LogP contribution in [0, 0.1) is 24.0 Å². The van der Waals surface area contributed by atoms with E-state index < -0.39 is 22.7 Å². The molecule has 0 spiro atoms. The molecular weight excluding hydrogens is 488 g/mol. The van der Waals surface area contributed by atoms with Gasteiger partial charge in [-0.05, 0) is 27.7 Å². The molecular formula is C23H22N6O4S2. The Morgan fingerprint density at radius 3 is 1.83 bits per heavy atom. The van der Waals surface area contributed by atoms with Gasteiger partial charge in [-0.15, -0.1) is 22.7 Å². The van der Waals surface area contributed by atoms with E-state index >= 15 is 0 Å². The fraction of sp³-hybridized carbons (Fsp3) is 0.217. The van der Waals surface area contributed by atoms with Gasteiger partial charge in [-0.2, -0.15) is 0 Å². The number of hydrogen-bond acceptors (Lipinski definition) is 9. The number of nitrogens with one attached hydrogen (secondary N) is 3. The standard InChI is InChI=1S/C23H22N6O4S2/c1-11-9-34-22(24-11)27-20(30)17-13(3)26-14(4)18(21(31)28-23-25-12(2)10-35-23)19(17)15-7-5-6-8-16(15)29(32)33/h5-10,19,26H,1-4H3,(H,24,27,30)(H,25,28,31). The molecule has 0 bridgehead atoms. The van der Waals surface area contributed by atoms with Crippen LogP contribution < -0.4 is 16.0 Å². The number of amides is 2. The Morgan fingerprint density at radius 2 is 1.40 bits per heavy atom. The zero-order chi connectivity index (χ0) is 25.3. The molecule has 2 amide bonds. The van der Waals surface area contributed by atoms with E-state index in [1.807, 2.05) is 13.8 Å². The third kappa shape index (κ3) is 4.98. The van der Waals surface area contributed by atoms with Crippen LogP contribution in [0.4, 0.5) is 16.0 Å². The van der Waals surface area contributed by atoms with Crippen molar-refractivity contribution in [3.8, 4) is 0 Å². The minimum Gasteiger partial charge on any atom is -0.362 e. The predicted octanol–water partition coefficient (Wildman–Crippen LogP) is 4.64. The molecule has 0 saturated carbocycles. The summed E-state index contributed by atoms with van der Waals surface area (Å²) >= 11 is 2.53. The number of anilines is 2. The van der Waals surface area contributed by atoms with Gasteiger partial charge in [0.25, 0.3) is 17.5 Å².